The smallest absolute Gasteiger partial charge is 0.151 e. The number of hydrogen-bond acceptors (Lipinski definition) is 4. The van der Waals surface area contributed by atoms with Crippen LogP contribution in [0, 0.1) is 0 Å². The van der Waals surface area contributed by atoms with Gasteiger partial charge in [-0.25, -0.2) is 9.97 Å². The summed E-state index contributed by atoms with van der Waals surface area (Å²) in [6, 6.07) is 12.2. The summed E-state index contributed by atoms with van der Waals surface area (Å²) in [6.07, 6.45) is 4.10. The number of nitrogens with zero attached hydrogens (tertiary/aromatic N) is 2. The Bertz CT molecular complexity index is 977. The van der Waals surface area contributed by atoms with Crippen LogP contribution >= 0.6 is 0 Å². The lowest BCUT2D eigenvalue weighted by atomic mass is 9.97. The fourth-order valence-electron chi connectivity index (χ4n) is 3.46. The summed E-state index contributed by atoms with van der Waals surface area (Å²) in [4.78, 5) is 12.7. The quantitative estimate of drug-likeness (QED) is 0.589. The minimum Gasteiger partial charge on any atom is -0.455 e. The molecule has 2 N–H and O–H groups in total. The van der Waals surface area contributed by atoms with Crippen LogP contribution in [0.4, 0.5) is 0 Å². The van der Waals surface area contributed by atoms with Gasteiger partial charge >= 0.3 is 0 Å². The van der Waals surface area contributed by atoms with Gasteiger partial charge in [-0.15, -0.1) is 0 Å². The van der Waals surface area contributed by atoms with Crippen LogP contribution in [0.2, 0.25) is 0 Å². The van der Waals surface area contributed by atoms with Crippen molar-refractivity contribution in [2.75, 3.05) is 13.1 Å². The zero-order chi connectivity index (χ0) is 15.9. The zero-order valence-electron chi connectivity index (χ0n) is 13.2. The van der Waals surface area contributed by atoms with Gasteiger partial charge in [-0.05, 0) is 44.1 Å². The Morgan fingerprint density at radius 2 is 1.96 bits per heavy atom. The first-order valence-corrected chi connectivity index (χ1v) is 8.42. The van der Waals surface area contributed by atoms with E-state index in [1.807, 2.05) is 24.4 Å². The molecule has 1 fully saturated rings. The van der Waals surface area contributed by atoms with E-state index >= 15 is 0 Å². The highest BCUT2D eigenvalue weighted by Gasteiger charge is 2.19. The molecular weight excluding hydrogens is 300 g/mol. The first kappa shape index (κ1) is 13.7. The number of hydrogen-bond donors (Lipinski definition) is 2. The molecule has 120 valence electrons. The third-order valence-electron chi connectivity index (χ3n) is 4.78. The zero-order valence-corrected chi connectivity index (χ0v) is 13.2. The SMILES string of the molecule is c1ccc2oc(-c3cc4nc(C5CCNCC5)ncc4[nH]3)cc2c1. The number of aromatic amines is 1. The predicted molar refractivity (Wildman–Crippen MR) is 93.9 cm³/mol. The second-order valence-corrected chi connectivity index (χ2v) is 6.38. The van der Waals surface area contributed by atoms with Crippen molar-refractivity contribution >= 4 is 22.0 Å². The average Bonchev–Trinajstić information content (AvgIpc) is 3.25. The van der Waals surface area contributed by atoms with Crippen LogP contribution in [0.5, 0.6) is 0 Å². The van der Waals surface area contributed by atoms with Crippen LogP contribution in [-0.4, -0.2) is 28.0 Å². The summed E-state index contributed by atoms with van der Waals surface area (Å²) in [5.41, 5.74) is 3.74. The fraction of sp³-hybridized carbons (Fsp3) is 0.263. The van der Waals surface area contributed by atoms with E-state index in [4.69, 9.17) is 9.40 Å². The van der Waals surface area contributed by atoms with Gasteiger partial charge in [0, 0.05) is 11.3 Å². The number of piperidine rings is 1. The van der Waals surface area contributed by atoms with E-state index < -0.39 is 0 Å². The minimum atomic E-state index is 0.459. The standard InChI is InChI=1S/C19H18N4O/c1-2-4-17-13(3-1)9-18(24-17)15-10-14-16(22-15)11-21-19(23-14)12-5-7-20-8-6-12/h1-4,9-12,20,22H,5-8H2. The van der Waals surface area contributed by atoms with E-state index in [1.54, 1.807) is 0 Å². The lowest BCUT2D eigenvalue weighted by molar-refractivity contribution is 0.446. The highest BCUT2D eigenvalue weighted by atomic mass is 16.3. The maximum atomic E-state index is 5.94. The summed E-state index contributed by atoms with van der Waals surface area (Å²) in [5, 5.41) is 4.49. The van der Waals surface area contributed by atoms with E-state index in [9.17, 15) is 0 Å². The summed E-state index contributed by atoms with van der Waals surface area (Å²) in [6.45, 7) is 2.09. The van der Waals surface area contributed by atoms with Gasteiger partial charge in [-0.3, -0.25) is 0 Å². The molecule has 1 aliphatic rings. The molecule has 0 radical (unpaired) electrons. The Labute approximate surface area is 139 Å². The second-order valence-electron chi connectivity index (χ2n) is 6.38. The van der Waals surface area contributed by atoms with E-state index in [0.29, 0.717) is 5.92 Å². The Morgan fingerprint density at radius 3 is 2.83 bits per heavy atom. The fourth-order valence-corrected chi connectivity index (χ4v) is 3.46. The molecule has 0 spiro atoms. The number of nitrogens with one attached hydrogen (secondary N) is 2. The number of aromatic nitrogens is 3. The number of rotatable bonds is 2. The van der Waals surface area contributed by atoms with Crippen molar-refractivity contribution < 1.29 is 4.42 Å². The van der Waals surface area contributed by atoms with Crippen LogP contribution < -0.4 is 5.32 Å². The van der Waals surface area contributed by atoms with Gasteiger partial charge in [0.05, 0.1) is 22.9 Å². The van der Waals surface area contributed by atoms with Gasteiger partial charge in [0.1, 0.15) is 11.4 Å². The summed E-state index contributed by atoms with van der Waals surface area (Å²) in [7, 11) is 0. The first-order valence-electron chi connectivity index (χ1n) is 8.42. The third kappa shape index (κ3) is 2.29. The molecule has 5 nitrogen and oxygen atoms in total. The maximum Gasteiger partial charge on any atom is 0.151 e. The van der Waals surface area contributed by atoms with Crippen LogP contribution in [0.1, 0.15) is 24.6 Å². The van der Waals surface area contributed by atoms with Crippen molar-refractivity contribution in [1.82, 2.24) is 20.3 Å². The van der Waals surface area contributed by atoms with Crippen molar-refractivity contribution in [3.63, 3.8) is 0 Å². The van der Waals surface area contributed by atoms with Crippen molar-refractivity contribution in [3.8, 4) is 11.5 Å². The molecule has 0 saturated carbocycles. The third-order valence-corrected chi connectivity index (χ3v) is 4.78. The largest absolute Gasteiger partial charge is 0.455 e. The van der Waals surface area contributed by atoms with Crippen molar-refractivity contribution in [2.45, 2.75) is 18.8 Å². The lowest BCUT2D eigenvalue weighted by Crippen LogP contribution is -2.27. The van der Waals surface area contributed by atoms with Gasteiger partial charge < -0.3 is 14.7 Å². The summed E-state index contributed by atoms with van der Waals surface area (Å²) in [5.74, 6) is 2.25. The van der Waals surface area contributed by atoms with Crippen molar-refractivity contribution in [1.29, 1.82) is 0 Å². The Morgan fingerprint density at radius 1 is 1.08 bits per heavy atom. The Hall–Kier alpha value is -2.66. The number of benzene rings is 1. The molecule has 0 bridgehead atoms. The van der Waals surface area contributed by atoms with Crippen LogP contribution in [-0.2, 0) is 0 Å². The summed E-state index contributed by atoms with van der Waals surface area (Å²) < 4.78 is 5.94. The molecule has 1 aromatic carbocycles. The Kier molecular flexibility index (Phi) is 3.13. The van der Waals surface area contributed by atoms with Gasteiger partial charge in [0.15, 0.2) is 5.76 Å². The molecule has 0 atom stereocenters. The number of furan rings is 1. The van der Waals surface area contributed by atoms with Crippen LogP contribution in [0.3, 0.4) is 0 Å². The molecule has 24 heavy (non-hydrogen) atoms. The second kappa shape index (κ2) is 5.46. The van der Waals surface area contributed by atoms with Crippen molar-refractivity contribution in [3.05, 3.63) is 48.4 Å². The minimum absolute atomic E-state index is 0.459. The van der Waals surface area contributed by atoms with Crippen molar-refractivity contribution in [2.24, 2.45) is 0 Å². The summed E-state index contributed by atoms with van der Waals surface area (Å²) >= 11 is 0. The van der Waals surface area contributed by atoms with Crippen LogP contribution in [0.25, 0.3) is 33.5 Å². The normalized spacial score (nSPS) is 16.2. The molecule has 0 aliphatic carbocycles. The molecule has 0 amide bonds. The Balaban J connectivity index is 1.55. The molecule has 5 rings (SSSR count). The average molecular weight is 318 g/mol. The number of H-pyrrole nitrogens is 1. The van der Waals surface area contributed by atoms with Crippen LogP contribution in [0.15, 0.2) is 47.0 Å². The molecular formula is C19H18N4O. The monoisotopic (exact) mass is 318 g/mol. The van der Waals surface area contributed by atoms with E-state index in [0.717, 1.165) is 65.2 Å². The van der Waals surface area contributed by atoms with Gasteiger partial charge in [-0.1, -0.05) is 18.2 Å². The predicted octanol–water partition coefficient (Wildman–Crippen LogP) is 3.84. The first-order chi connectivity index (χ1) is 11.9. The van der Waals surface area contributed by atoms with Gasteiger partial charge in [-0.2, -0.15) is 0 Å². The van der Waals surface area contributed by atoms with Gasteiger partial charge in [0.2, 0.25) is 0 Å². The highest BCUT2D eigenvalue weighted by Crippen LogP contribution is 2.30. The van der Waals surface area contributed by atoms with E-state index in [-0.39, 0.29) is 0 Å². The number of para-hydroxylation sites is 1. The maximum absolute atomic E-state index is 5.94. The number of fused-ring (bicyclic) bond motifs is 2. The van der Waals surface area contributed by atoms with E-state index in [1.165, 1.54) is 0 Å². The molecule has 5 heteroatoms. The molecule has 3 aromatic heterocycles. The van der Waals surface area contributed by atoms with E-state index in [2.05, 4.69) is 33.5 Å². The molecule has 4 aromatic rings. The molecule has 1 aliphatic heterocycles. The molecule has 0 unspecified atom stereocenters. The lowest BCUT2D eigenvalue weighted by Gasteiger charge is -2.20. The molecule has 1 saturated heterocycles. The molecule has 4 heterocycles. The topological polar surface area (TPSA) is 66.7 Å². The van der Waals surface area contributed by atoms with Gasteiger partial charge in [0.25, 0.3) is 0 Å². The highest BCUT2D eigenvalue weighted by molar-refractivity contribution is 5.86.